The third-order valence-electron chi connectivity index (χ3n) is 3.83. The Hall–Kier alpha value is -2.45. The van der Waals surface area contributed by atoms with Crippen LogP contribution in [0, 0.1) is 0 Å². The number of nitrogens with zero attached hydrogens (tertiary/aromatic N) is 1. The molecule has 0 N–H and O–H groups in total. The minimum absolute atomic E-state index is 0.0693. The molecular formula is C17H13NO5S2. The molecule has 6 nitrogen and oxygen atoms in total. The molecule has 2 aliphatic heterocycles. The van der Waals surface area contributed by atoms with Gasteiger partial charge in [-0.15, -0.1) is 0 Å². The van der Waals surface area contributed by atoms with Gasteiger partial charge in [-0.05, 0) is 36.8 Å². The average molecular weight is 375 g/mol. The zero-order chi connectivity index (χ0) is 17.6. The fraction of sp³-hybridized carbons (Fsp3) is 0.176. The summed E-state index contributed by atoms with van der Waals surface area (Å²) in [5.41, 5.74) is 2.13. The van der Waals surface area contributed by atoms with Crippen molar-refractivity contribution in [3.05, 3.63) is 42.1 Å². The van der Waals surface area contributed by atoms with E-state index >= 15 is 0 Å². The van der Waals surface area contributed by atoms with Crippen molar-refractivity contribution < 1.29 is 22.1 Å². The van der Waals surface area contributed by atoms with Gasteiger partial charge in [0.25, 0.3) is 0 Å². The lowest BCUT2D eigenvalue weighted by Crippen LogP contribution is -2.10. The molecule has 25 heavy (non-hydrogen) atoms. The van der Waals surface area contributed by atoms with E-state index in [-0.39, 0.29) is 22.3 Å². The summed E-state index contributed by atoms with van der Waals surface area (Å²) in [5, 5.41) is 1.08. The van der Waals surface area contributed by atoms with Gasteiger partial charge >= 0.3 is 16.1 Å². The van der Waals surface area contributed by atoms with Crippen molar-refractivity contribution in [3.63, 3.8) is 0 Å². The van der Waals surface area contributed by atoms with Crippen molar-refractivity contribution in [2.45, 2.75) is 18.2 Å². The van der Waals surface area contributed by atoms with E-state index in [2.05, 4.69) is 4.98 Å². The summed E-state index contributed by atoms with van der Waals surface area (Å²) in [7, 11) is -3.85. The summed E-state index contributed by atoms with van der Waals surface area (Å²) in [4.78, 5) is 16.8. The Labute approximate surface area is 148 Å². The van der Waals surface area contributed by atoms with Crippen LogP contribution in [0.4, 0.5) is 0 Å². The third-order valence-corrected chi connectivity index (χ3v) is 6.15. The largest absolute Gasteiger partial charge is 0.466 e. The topological polar surface area (TPSA) is 82.6 Å². The molecule has 0 saturated heterocycles. The second-order valence-electron chi connectivity index (χ2n) is 5.46. The molecule has 1 aromatic carbocycles. The second kappa shape index (κ2) is 5.82. The monoisotopic (exact) mass is 375 g/mol. The van der Waals surface area contributed by atoms with Crippen molar-refractivity contribution in [2.24, 2.45) is 0 Å². The van der Waals surface area contributed by atoms with Crippen LogP contribution in [0.2, 0.25) is 0 Å². The average Bonchev–Trinajstić information content (AvgIpc) is 2.89. The fourth-order valence-electron chi connectivity index (χ4n) is 2.72. The second-order valence-corrected chi connectivity index (χ2v) is 7.97. The highest BCUT2D eigenvalue weighted by atomic mass is 32.2. The SMILES string of the molecule is CCOC(=O)Cc1ccc2c3c(sc2n1)OS(=O)(=O)c1ccc-3cc1. The van der Waals surface area contributed by atoms with Gasteiger partial charge in [0.15, 0.2) is 0 Å². The number of carbonyl (C=O) groups excluding carboxylic acids is 1. The van der Waals surface area contributed by atoms with E-state index in [0.29, 0.717) is 22.7 Å². The Morgan fingerprint density at radius 1 is 1.20 bits per heavy atom. The molecule has 2 bridgehead atoms. The molecule has 0 amide bonds. The van der Waals surface area contributed by atoms with Crippen molar-refractivity contribution >= 4 is 37.6 Å². The summed E-state index contributed by atoms with van der Waals surface area (Å²) >= 11 is 1.15. The number of rotatable bonds is 3. The van der Waals surface area contributed by atoms with Gasteiger partial charge in [0, 0.05) is 10.9 Å². The molecular weight excluding hydrogens is 362 g/mol. The van der Waals surface area contributed by atoms with Gasteiger partial charge in [0.2, 0.25) is 5.06 Å². The number of fused-ring (bicyclic) bond motifs is 4. The van der Waals surface area contributed by atoms with Crippen LogP contribution in [0.5, 0.6) is 5.06 Å². The molecule has 128 valence electrons. The molecule has 5 rings (SSSR count). The summed E-state index contributed by atoms with van der Waals surface area (Å²) in [5.74, 6) is -0.349. The van der Waals surface area contributed by atoms with E-state index < -0.39 is 10.1 Å². The van der Waals surface area contributed by atoms with E-state index in [0.717, 1.165) is 22.3 Å². The Bertz CT molecular complexity index is 1080. The molecule has 0 spiro atoms. The minimum atomic E-state index is -3.85. The number of aromatic nitrogens is 1. The lowest BCUT2D eigenvalue weighted by atomic mass is 10.1. The van der Waals surface area contributed by atoms with Crippen molar-refractivity contribution in [3.8, 4) is 16.2 Å². The first-order valence-electron chi connectivity index (χ1n) is 7.61. The summed E-state index contributed by atoms with van der Waals surface area (Å²) in [6.07, 6.45) is 0.0693. The molecule has 2 aromatic heterocycles. The molecule has 3 aromatic rings. The van der Waals surface area contributed by atoms with Crippen molar-refractivity contribution in [2.75, 3.05) is 6.61 Å². The summed E-state index contributed by atoms with van der Waals surface area (Å²) in [6, 6.07) is 10.1. The third kappa shape index (κ3) is 2.77. The number of benzene rings is 1. The first-order valence-corrected chi connectivity index (χ1v) is 9.83. The highest BCUT2D eigenvalue weighted by Crippen LogP contribution is 2.46. The maximum atomic E-state index is 12.3. The smallest absolute Gasteiger partial charge is 0.340 e. The first-order chi connectivity index (χ1) is 12.0. The van der Waals surface area contributed by atoms with Gasteiger partial charge in [-0.25, -0.2) is 4.98 Å². The van der Waals surface area contributed by atoms with Crippen LogP contribution in [0.25, 0.3) is 21.3 Å². The Balaban J connectivity index is 1.85. The molecule has 0 radical (unpaired) electrons. The predicted molar refractivity (Wildman–Crippen MR) is 93.2 cm³/mol. The van der Waals surface area contributed by atoms with Crippen molar-refractivity contribution in [1.29, 1.82) is 0 Å². The zero-order valence-electron chi connectivity index (χ0n) is 13.2. The standard InChI is InChI=1S/C17H13NO5S2/c1-2-22-14(19)9-11-5-8-13-15-10-3-6-12(7-4-10)25(20,21)23-17(15)24-16(13)18-11/h3-8H,2,9H2,1H3. The van der Waals surface area contributed by atoms with Crippen molar-refractivity contribution in [1.82, 2.24) is 4.98 Å². The molecule has 0 unspecified atom stereocenters. The normalized spacial score (nSPS) is 14.4. The Kier molecular flexibility index (Phi) is 3.73. The number of hydrogen-bond donors (Lipinski definition) is 0. The number of ether oxygens (including phenoxy) is 1. The van der Waals surface area contributed by atoms with Crippen LogP contribution >= 0.6 is 11.3 Å². The number of thiophene rings is 1. The van der Waals surface area contributed by atoms with Crippen LogP contribution < -0.4 is 4.18 Å². The molecule has 0 fully saturated rings. The first kappa shape index (κ1) is 16.0. The van der Waals surface area contributed by atoms with E-state index in [4.69, 9.17) is 8.92 Å². The van der Waals surface area contributed by atoms with Gasteiger partial charge < -0.3 is 8.92 Å². The molecule has 8 heteroatoms. The van der Waals surface area contributed by atoms with E-state index in [9.17, 15) is 13.2 Å². The molecule has 0 saturated carbocycles. The molecule has 0 aliphatic carbocycles. The number of esters is 1. The van der Waals surface area contributed by atoms with E-state index in [1.165, 1.54) is 12.1 Å². The molecule has 4 heterocycles. The lowest BCUT2D eigenvalue weighted by molar-refractivity contribution is -0.142. The number of pyridine rings is 1. The maximum Gasteiger partial charge on any atom is 0.340 e. The Morgan fingerprint density at radius 3 is 2.68 bits per heavy atom. The highest BCUT2D eigenvalue weighted by molar-refractivity contribution is 7.87. The van der Waals surface area contributed by atoms with Gasteiger partial charge in [-0.3, -0.25) is 4.79 Å². The number of carbonyl (C=O) groups is 1. The van der Waals surface area contributed by atoms with Gasteiger partial charge in [-0.1, -0.05) is 23.5 Å². The molecule has 2 aliphatic rings. The van der Waals surface area contributed by atoms with Crippen LogP contribution in [0.15, 0.2) is 41.3 Å². The zero-order valence-corrected chi connectivity index (χ0v) is 14.8. The minimum Gasteiger partial charge on any atom is -0.466 e. The highest BCUT2D eigenvalue weighted by Gasteiger charge is 2.26. The van der Waals surface area contributed by atoms with Crippen LogP contribution in [-0.2, 0) is 26.1 Å². The predicted octanol–water partition coefficient (Wildman–Crippen LogP) is 3.15. The lowest BCUT2D eigenvalue weighted by Gasteiger charge is -2.12. The molecule has 0 atom stereocenters. The van der Waals surface area contributed by atoms with Gasteiger partial charge in [0.05, 0.1) is 18.7 Å². The van der Waals surface area contributed by atoms with Gasteiger partial charge in [0.1, 0.15) is 9.73 Å². The number of hydrogen-bond acceptors (Lipinski definition) is 7. The summed E-state index contributed by atoms with van der Waals surface area (Å²) in [6.45, 7) is 2.06. The van der Waals surface area contributed by atoms with Crippen LogP contribution in [0.3, 0.4) is 0 Å². The van der Waals surface area contributed by atoms with E-state index in [1.807, 2.05) is 6.07 Å². The maximum absolute atomic E-state index is 12.3. The van der Waals surface area contributed by atoms with Crippen LogP contribution in [0.1, 0.15) is 12.6 Å². The Morgan fingerprint density at radius 2 is 1.96 bits per heavy atom. The van der Waals surface area contributed by atoms with Crippen LogP contribution in [-0.4, -0.2) is 26.0 Å². The fourth-order valence-corrected chi connectivity index (χ4v) is 4.92. The van der Waals surface area contributed by atoms with E-state index in [1.54, 1.807) is 25.1 Å². The quantitative estimate of drug-likeness (QED) is 0.517. The summed E-state index contributed by atoms with van der Waals surface area (Å²) < 4.78 is 34.8. The van der Waals surface area contributed by atoms with Gasteiger partial charge in [-0.2, -0.15) is 8.42 Å².